The van der Waals surface area contributed by atoms with E-state index in [1.165, 1.54) is 25.7 Å². The van der Waals surface area contributed by atoms with Gasteiger partial charge in [-0.25, -0.2) is 15.8 Å². The van der Waals surface area contributed by atoms with Crippen molar-refractivity contribution in [2.75, 3.05) is 5.43 Å². The molecule has 0 aromatic carbocycles. The Morgan fingerprint density at radius 1 is 1.14 bits per heavy atom. The molecule has 0 aliphatic heterocycles. The SMILES string of the molecule is CC(C)C1CCC(c2nc(NN)cc(C(C)(C)C)n2)CC1. The molecule has 4 heteroatoms. The van der Waals surface area contributed by atoms with Crippen LogP contribution in [0.15, 0.2) is 6.07 Å². The van der Waals surface area contributed by atoms with Crippen molar-refractivity contribution in [3.8, 4) is 0 Å². The van der Waals surface area contributed by atoms with Crippen molar-refractivity contribution >= 4 is 5.82 Å². The first-order chi connectivity index (χ1) is 9.81. The maximum atomic E-state index is 5.58. The molecule has 1 aromatic rings. The standard InChI is InChI=1S/C17H30N4/c1-11(2)12-6-8-13(9-7-12)16-19-14(17(3,4)5)10-15(20-16)21-18/h10-13H,6-9,18H2,1-5H3,(H,19,20,21). The zero-order valence-electron chi connectivity index (χ0n) is 14.1. The van der Waals surface area contributed by atoms with Crippen LogP contribution < -0.4 is 11.3 Å². The molecule has 0 radical (unpaired) electrons. The summed E-state index contributed by atoms with van der Waals surface area (Å²) in [5.74, 6) is 9.41. The van der Waals surface area contributed by atoms with Crippen molar-refractivity contribution in [2.24, 2.45) is 17.7 Å². The monoisotopic (exact) mass is 290 g/mol. The fourth-order valence-corrected chi connectivity index (χ4v) is 3.15. The lowest BCUT2D eigenvalue weighted by atomic mass is 9.76. The second-order valence-corrected chi connectivity index (χ2v) is 7.75. The average Bonchev–Trinajstić information content (AvgIpc) is 2.46. The minimum atomic E-state index is 0.0123. The highest BCUT2D eigenvalue weighted by atomic mass is 15.3. The van der Waals surface area contributed by atoms with E-state index in [-0.39, 0.29) is 5.41 Å². The number of nitrogens with two attached hydrogens (primary N) is 1. The number of rotatable bonds is 3. The Bertz CT molecular complexity index is 468. The lowest BCUT2D eigenvalue weighted by molar-refractivity contribution is 0.254. The van der Waals surface area contributed by atoms with Crippen LogP contribution in [0.4, 0.5) is 5.82 Å². The highest BCUT2D eigenvalue weighted by Gasteiger charge is 2.27. The molecule has 2 rings (SSSR count). The Kier molecular flexibility index (Phi) is 4.87. The molecule has 4 nitrogen and oxygen atoms in total. The maximum Gasteiger partial charge on any atom is 0.143 e. The van der Waals surface area contributed by atoms with Crippen LogP contribution in [0.25, 0.3) is 0 Å². The van der Waals surface area contributed by atoms with E-state index in [0.29, 0.717) is 5.92 Å². The molecule has 1 aromatic heterocycles. The van der Waals surface area contributed by atoms with Crippen molar-refractivity contribution in [1.82, 2.24) is 9.97 Å². The Balaban J connectivity index is 2.20. The van der Waals surface area contributed by atoms with E-state index >= 15 is 0 Å². The molecule has 1 aliphatic rings. The summed E-state index contributed by atoms with van der Waals surface area (Å²) < 4.78 is 0. The number of hydrogen-bond acceptors (Lipinski definition) is 4. The third kappa shape index (κ3) is 3.94. The Labute approximate surface area is 128 Å². The zero-order chi connectivity index (χ0) is 15.6. The van der Waals surface area contributed by atoms with Gasteiger partial charge in [0.25, 0.3) is 0 Å². The minimum absolute atomic E-state index is 0.0123. The van der Waals surface area contributed by atoms with E-state index in [1.807, 2.05) is 6.07 Å². The maximum absolute atomic E-state index is 5.58. The molecule has 21 heavy (non-hydrogen) atoms. The largest absolute Gasteiger partial charge is 0.308 e. The zero-order valence-corrected chi connectivity index (χ0v) is 14.1. The molecule has 0 saturated heterocycles. The van der Waals surface area contributed by atoms with Crippen LogP contribution in [-0.2, 0) is 5.41 Å². The first-order valence-corrected chi connectivity index (χ1v) is 8.17. The van der Waals surface area contributed by atoms with Crippen molar-refractivity contribution in [1.29, 1.82) is 0 Å². The van der Waals surface area contributed by atoms with Gasteiger partial charge in [-0.2, -0.15) is 0 Å². The van der Waals surface area contributed by atoms with E-state index in [1.54, 1.807) is 0 Å². The first kappa shape index (κ1) is 16.2. The van der Waals surface area contributed by atoms with Gasteiger partial charge in [-0.3, -0.25) is 0 Å². The molecule has 118 valence electrons. The molecule has 1 aliphatic carbocycles. The van der Waals surface area contributed by atoms with E-state index < -0.39 is 0 Å². The van der Waals surface area contributed by atoms with Crippen LogP contribution in [0.2, 0.25) is 0 Å². The molecule has 0 unspecified atom stereocenters. The van der Waals surface area contributed by atoms with Gasteiger partial charge in [0.2, 0.25) is 0 Å². The Morgan fingerprint density at radius 2 is 1.76 bits per heavy atom. The number of hydrazine groups is 1. The van der Waals surface area contributed by atoms with Gasteiger partial charge in [0.15, 0.2) is 0 Å². The van der Waals surface area contributed by atoms with Gasteiger partial charge in [-0.15, -0.1) is 0 Å². The molecule has 1 heterocycles. The van der Waals surface area contributed by atoms with E-state index in [0.717, 1.165) is 29.2 Å². The molecular weight excluding hydrogens is 260 g/mol. The summed E-state index contributed by atoms with van der Waals surface area (Å²) in [5.41, 5.74) is 3.77. The number of nitrogens with one attached hydrogen (secondary N) is 1. The predicted molar refractivity (Wildman–Crippen MR) is 88.1 cm³/mol. The van der Waals surface area contributed by atoms with Gasteiger partial charge in [-0.05, 0) is 37.5 Å². The Morgan fingerprint density at radius 3 is 2.24 bits per heavy atom. The van der Waals surface area contributed by atoms with Crippen LogP contribution in [0.5, 0.6) is 0 Å². The lowest BCUT2D eigenvalue weighted by Gasteiger charge is -2.30. The average molecular weight is 290 g/mol. The van der Waals surface area contributed by atoms with Gasteiger partial charge in [0, 0.05) is 17.4 Å². The third-order valence-corrected chi connectivity index (χ3v) is 4.74. The summed E-state index contributed by atoms with van der Waals surface area (Å²) in [7, 11) is 0. The topological polar surface area (TPSA) is 63.8 Å². The fourth-order valence-electron chi connectivity index (χ4n) is 3.15. The third-order valence-electron chi connectivity index (χ3n) is 4.74. The van der Waals surface area contributed by atoms with Crippen LogP contribution in [0.1, 0.15) is 77.7 Å². The number of anilines is 1. The van der Waals surface area contributed by atoms with Crippen LogP contribution in [0, 0.1) is 11.8 Å². The minimum Gasteiger partial charge on any atom is -0.308 e. The van der Waals surface area contributed by atoms with E-state index in [2.05, 4.69) is 45.0 Å². The molecule has 1 fully saturated rings. The second kappa shape index (κ2) is 6.30. The summed E-state index contributed by atoms with van der Waals surface area (Å²) in [6.45, 7) is 11.2. The van der Waals surface area contributed by atoms with E-state index in [4.69, 9.17) is 10.8 Å². The number of nitrogens with zero attached hydrogens (tertiary/aromatic N) is 2. The number of hydrogen-bond donors (Lipinski definition) is 2. The normalized spacial score (nSPS) is 23.4. The smallest absolute Gasteiger partial charge is 0.143 e. The van der Waals surface area contributed by atoms with Crippen LogP contribution in [-0.4, -0.2) is 9.97 Å². The van der Waals surface area contributed by atoms with Gasteiger partial charge in [-0.1, -0.05) is 34.6 Å². The summed E-state index contributed by atoms with van der Waals surface area (Å²) >= 11 is 0. The van der Waals surface area contributed by atoms with Crippen LogP contribution >= 0.6 is 0 Å². The molecule has 1 saturated carbocycles. The van der Waals surface area contributed by atoms with Gasteiger partial charge < -0.3 is 5.43 Å². The van der Waals surface area contributed by atoms with Crippen molar-refractivity contribution in [3.63, 3.8) is 0 Å². The van der Waals surface area contributed by atoms with Crippen molar-refractivity contribution < 1.29 is 0 Å². The summed E-state index contributed by atoms with van der Waals surface area (Å²) in [4.78, 5) is 9.45. The molecule has 0 bridgehead atoms. The molecule has 0 amide bonds. The van der Waals surface area contributed by atoms with Gasteiger partial charge >= 0.3 is 0 Å². The number of aromatic nitrogens is 2. The molecule has 0 spiro atoms. The van der Waals surface area contributed by atoms with Crippen molar-refractivity contribution in [2.45, 2.75) is 71.6 Å². The Hall–Kier alpha value is -1.16. The predicted octanol–water partition coefficient (Wildman–Crippen LogP) is 3.99. The lowest BCUT2D eigenvalue weighted by Crippen LogP contribution is -2.22. The van der Waals surface area contributed by atoms with Gasteiger partial charge in [0.1, 0.15) is 11.6 Å². The molecule has 3 N–H and O–H groups in total. The summed E-state index contributed by atoms with van der Waals surface area (Å²) in [6.07, 6.45) is 4.97. The fraction of sp³-hybridized carbons (Fsp3) is 0.765. The summed E-state index contributed by atoms with van der Waals surface area (Å²) in [5, 5.41) is 0. The van der Waals surface area contributed by atoms with Crippen LogP contribution in [0.3, 0.4) is 0 Å². The first-order valence-electron chi connectivity index (χ1n) is 8.17. The quantitative estimate of drug-likeness (QED) is 0.652. The van der Waals surface area contributed by atoms with Crippen molar-refractivity contribution in [3.05, 3.63) is 17.6 Å². The summed E-state index contributed by atoms with van der Waals surface area (Å²) in [6, 6.07) is 1.96. The number of nitrogen functional groups attached to an aromatic ring is 1. The molecule has 0 atom stereocenters. The van der Waals surface area contributed by atoms with E-state index in [9.17, 15) is 0 Å². The highest BCUT2D eigenvalue weighted by Crippen LogP contribution is 2.38. The highest BCUT2D eigenvalue weighted by molar-refractivity contribution is 5.37. The van der Waals surface area contributed by atoms with Gasteiger partial charge in [0.05, 0.1) is 5.69 Å². The molecular formula is C17H30N4. The second-order valence-electron chi connectivity index (χ2n) is 7.75.